The number of quaternary nitrogens is 1. The Morgan fingerprint density at radius 1 is 1.33 bits per heavy atom. The number of pyridine rings is 1. The third-order valence-electron chi connectivity index (χ3n) is 5.26. The molecular weight excluding hydrogens is 304 g/mol. The number of fused-ring (bicyclic) bond motifs is 2. The van der Waals surface area contributed by atoms with E-state index in [1.54, 1.807) is 7.11 Å². The number of likely N-dealkylation sites (N-methyl/N-ethyl adjacent to an activating group) is 1. The second kappa shape index (κ2) is 5.98. The zero-order chi connectivity index (χ0) is 16.7. The normalized spacial score (nSPS) is 21.5. The molecule has 2 aromatic rings. The number of methoxy groups -OCH3 is 1. The van der Waals surface area contributed by atoms with Crippen LogP contribution in [0.3, 0.4) is 0 Å². The van der Waals surface area contributed by atoms with E-state index in [1.807, 2.05) is 0 Å². The zero-order valence-electron chi connectivity index (χ0n) is 14.5. The molecule has 1 unspecified atom stereocenters. The van der Waals surface area contributed by atoms with Gasteiger partial charge in [-0.15, -0.1) is 0 Å². The molecule has 0 saturated carbocycles. The highest BCUT2D eigenvalue weighted by Crippen LogP contribution is 2.47. The third kappa shape index (κ3) is 2.40. The van der Waals surface area contributed by atoms with Crippen LogP contribution in [-0.4, -0.2) is 27.5 Å². The highest BCUT2D eigenvalue weighted by molar-refractivity contribution is 5.61. The van der Waals surface area contributed by atoms with Gasteiger partial charge in [0, 0.05) is 18.6 Å². The molecule has 4 rings (SSSR count). The Bertz CT molecular complexity index is 775. The van der Waals surface area contributed by atoms with E-state index < -0.39 is 0 Å². The molecule has 24 heavy (non-hydrogen) atoms. The minimum atomic E-state index is 0.273. The number of benzene rings is 1. The summed E-state index contributed by atoms with van der Waals surface area (Å²) in [6.07, 6.45) is 4.10. The lowest BCUT2D eigenvalue weighted by molar-refractivity contribution is -0.915. The van der Waals surface area contributed by atoms with E-state index in [0.29, 0.717) is 6.04 Å². The van der Waals surface area contributed by atoms with Crippen molar-refractivity contribution < 1.29 is 23.7 Å². The van der Waals surface area contributed by atoms with Gasteiger partial charge in [-0.1, -0.05) is 6.07 Å². The van der Waals surface area contributed by atoms with Crippen LogP contribution in [0.1, 0.15) is 22.9 Å². The van der Waals surface area contributed by atoms with Crippen LogP contribution in [0, 0.1) is 0 Å². The first-order valence-electron chi connectivity index (χ1n) is 8.44. The predicted octanol–water partition coefficient (Wildman–Crippen LogP) is 0.603. The fourth-order valence-corrected chi connectivity index (χ4v) is 3.88. The van der Waals surface area contributed by atoms with Crippen LogP contribution in [-0.2, 0) is 19.9 Å². The largest absolute Gasteiger partial charge is 0.492 e. The van der Waals surface area contributed by atoms with Crippen LogP contribution < -0.4 is 23.7 Å². The Labute approximate surface area is 142 Å². The lowest BCUT2D eigenvalue weighted by Gasteiger charge is -2.32. The minimum absolute atomic E-state index is 0.273. The number of hydrogen-bond acceptors (Lipinski definition) is 3. The van der Waals surface area contributed by atoms with Gasteiger partial charge in [-0.3, -0.25) is 0 Å². The van der Waals surface area contributed by atoms with Crippen molar-refractivity contribution in [3.63, 3.8) is 0 Å². The van der Waals surface area contributed by atoms with Gasteiger partial charge in [0.25, 0.3) is 0 Å². The van der Waals surface area contributed by atoms with E-state index >= 15 is 0 Å². The summed E-state index contributed by atoms with van der Waals surface area (Å²) in [5.74, 6) is 2.42. The second-order valence-corrected chi connectivity index (χ2v) is 6.62. The monoisotopic (exact) mass is 328 g/mol. The molecule has 2 aliphatic heterocycles. The van der Waals surface area contributed by atoms with Crippen molar-refractivity contribution in [1.29, 1.82) is 0 Å². The molecule has 126 valence electrons. The van der Waals surface area contributed by atoms with Gasteiger partial charge in [0.15, 0.2) is 23.4 Å². The lowest BCUT2D eigenvalue weighted by atomic mass is 9.88. The number of nitrogens with one attached hydrogen (secondary N) is 1. The van der Waals surface area contributed by atoms with Crippen molar-refractivity contribution in [2.45, 2.75) is 18.9 Å². The molecule has 3 heterocycles. The van der Waals surface area contributed by atoms with E-state index in [9.17, 15) is 0 Å². The van der Waals surface area contributed by atoms with Gasteiger partial charge < -0.3 is 19.1 Å². The highest BCUT2D eigenvalue weighted by atomic mass is 16.7. The summed E-state index contributed by atoms with van der Waals surface area (Å²) in [5, 5.41) is 0. The Balaban J connectivity index is 1.81. The van der Waals surface area contributed by atoms with Crippen molar-refractivity contribution in [3.05, 3.63) is 47.3 Å². The van der Waals surface area contributed by atoms with Crippen molar-refractivity contribution in [2.24, 2.45) is 7.05 Å². The SMILES string of the molecule is COc1c2c(cc3c1[C@@H](Cc1cccc[n+]1C)[NH+](C)CC3)OCO2. The molecule has 0 fully saturated rings. The highest BCUT2D eigenvalue weighted by Gasteiger charge is 2.37. The van der Waals surface area contributed by atoms with E-state index in [1.165, 1.54) is 21.7 Å². The molecule has 0 spiro atoms. The van der Waals surface area contributed by atoms with Gasteiger partial charge in [0.05, 0.1) is 32.7 Å². The molecule has 1 N–H and O–H groups in total. The van der Waals surface area contributed by atoms with Crippen LogP contribution in [0.15, 0.2) is 30.5 Å². The Morgan fingerprint density at radius 2 is 2.21 bits per heavy atom. The molecule has 0 bridgehead atoms. The first kappa shape index (κ1) is 15.3. The average Bonchev–Trinajstić information content (AvgIpc) is 3.05. The average molecular weight is 328 g/mol. The topological polar surface area (TPSA) is 36.0 Å². The summed E-state index contributed by atoms with van der Waals surface area (Å²) in [7, 11) is 6.09. The fraction of sp³-hybridized carbons (Fsp3) is 0.421. The van der Waals surface area contributed by atoms with E-state index in [0.717, 1.165) is 36.6 Å². The second-order valence-electron chi connectivity index (χ2n) is 6.62. The van der Waals surface area contributed by atoms with Gasteiger partial charge >= 0.3 is 0 Å². The van der Waals surface area contributed by atoms with E-state index in [2.05, 4.69) is 49.1 Å². The van der Waals surface area contributed by atoms with Gasteiger partial charge in [0.2, 0.25) is 12.5 Å². The number of hydrogen-bond donors (Lipinski definition) is 1. The maximum Gasteiger partial charge on any atom is 0.231 e. The molecule has 0 saturated heterocycles. The summed E-state index contributed by atoms with van der Waals surface area (Å²) in [5.41, 5.74) is 3.91. The Hall–Kier alpha value is -2.27. The zero-order valence-corrected chi connectivity index (χ0v) is 14.5. The van der Waals surface area contributed by atoms with Crippen LogP contribution in [0.2, 0.25) is 0 Å². The summed E-state index contributed by atoms with van der Waals surface area (Å²) >= 11 is 0. The molecule has 5 heteroatoms. The molecule has 2 aliphatic rings. The molecular formula is C19H24N2O3+2. The van der Waals surface area contributed by atoms with Gasteiger partial charge in [-0.25, -0.2) is 4.57 Å². The molecule has 0 radical (unpaired) electrons. The summed E-state index contributed by atoms with van der Waals surface area (Å²) in [6, 6.07) is 8.84. The predicted molar refractivity (Wildman–Crippen MR) is 88.6 cm³/mol. The fourth-order valence-electron chi connectivity index (χ4n) is 3.88. The third-order valence-corrected chi connectivity index (χ3v) is 5.26. The maximum absolute atomic E-state index is 5.78. The Morgan fingerprint density at radius 3 is 3.00 bits per heavy atom. The summed E-state index contributed by atoms with van der Waals surface area (Å²) < 4.78 is 19.2. The van der Waals surface area contributed by atoms with Crippen LogP contribution in [0.5, 0.6) is 17.2 Å². The van der Waals surface area contributed by atoms with Crippen molar-refractivity contribution in [1.82, 2.24) is 0 Å². The van der Waals surface area contributed by atoms with Crippen molar-refractivity contribution in [3.8, 4) is 17.2 Å². The van der Waals surface area contributed by atoms with Crippen LogP contribution in [0.25, 0.3) is 0 Å². The number of ether oxygens (including phenoxy) is 3. The van der Waals surface area contributed by atoms with E-state index in [-0.39, 0.29) is 6.79 Å². The molecule has 0 aliphatic carbocycles. The molecule has 1 aromatic carbocycles. The molecule has 1 aromatic heterocycles. The summed E-state index contributed by atoms with van der Waals surface area (Å²) in [4.78, 5) is 1.50. The number of aromatic nitrogens is 1. The molecule has 2 atom stereocenters. The minimum Gasteiger partial charge on any atom is -0.492 e. The van der Waals surface area contributed by atoms with Crippen LogP contribution >= 0.6 is 0 Å². The molecule has 0 amide bonds. The van der Waals surface area contributed by atoms with Crippen LogP contribution in [0.4, 0.5) is 0 Å². The first-order chi connectivity index (χ1) is 11.7. The Kier molecular flexibility index (Phi) is 3.81. The standard InChI is InChI=1S/C19H23N2O3/c1-20-8-5-4-6-14(20)11-15-17-13(7-9-21(15)2)10-16-18(19(17)22-3)24-12-23-16/h4-6,8,10,15H,7,9,11-12H2,1-3H3/q+1/p+1/t15-/m1/s1. The van der Waals surface area contributed by atoms with E-state index in [4.69, 9.17) is 14.2 Å². The first-order valence-corrected chi connectivity index (χ1v) is 8.44. The summed E-state index contributed by atoms with van der Waals surface area (Å²) in [6.45, 7) is 1.38. The van der Waals surface area contributed by atoms with Gasteiger partial charge in [-0.2, -0.15) is 0 Å². The lowest BCUT2D eigenvalue weighted by Crippen LogP contribution is -3.10. The smallest absolute Gasteiger partial charge is 0.231 e. The van der Waals surface area contributed by atoms with Gasteiger partial charge in [0.1, 0.15) is 13.1 Å². The number of nitrogens with zero attached hydrogens (tertiary/aromatic N) is 1. The number of aryl methyl sites for hydroxylation is 1. The quantitative estimate of drug-likeness (QED) is 0.839. The maximum atomic E-state index is 5.78. The van der Waals surface area contributed by atoms with Crippen molar-refractivity contribution >= 4 is 0 Å². The van der Waals surface area contributed by atoms with Gasteiger partial charge in [-0.05, 0) is 11.6 Å². The van der Waals surface area contributed by atoms with Crippen molar-refractivity contribution in [2.75, 3.05) is 27.5 Å². The molecule has 5 nitrogen and oxygen atoms in total. The number of rotatable bonds is 3.